The van der Waals surface area contributed by atoms with E-state index in [9.17, 15) is 9.59 Å². The van der Waals surface area contributed by atoms with Crippen molar-refractivity contribution in [3.05, 3.63) is 54.6 Å². The highest BCUT2D eigenvalue weighted by atomic mass is 16.6. The Kier molecular flexibility index (Phi) is 8.56. The van der Waals surface area contributed by atoms with Crippen molar-refractivity contribution < 1.29 is 19.1 Å². The van der Waals surface area contributed by atoms with Crippen molar-refractivity contribution in [3.8, 4) is 11.5 Å². The molecule has 0 saturated heterocycles. The zero-order chi connectivity index (χ0) is 24.6. The molecule has 34 heavy (non-hydrogen) atoms. The molecule has 1 aliphatic rings. The van der Waals surface area contributed by atoms with E-state index >= 15 is 0 Å². The maximum absolute atomic E-state index is 12.4. The highest BCUT2D eigenvalue weighted by molar-refractivity contribution is 5.92. The van der Waals surface area contributed by atoms with Crippen LogP contribution in [0.15, 0.2) is 54.6 Å². The number of carbonyl (C=O) groups excluding carboxylic acids is 2. The first-order valence-electron chi connectivity index (χ1n) is 11.9. The van der Waals surface area contributed by atoms with E-state index in [-0.39, 0.29) is 24.0 Å². The van der Waals surface area contributed by atoms with E-state index in [1.54, 1.807) is 0 Å². The smallest absolute Gasteiger partial charge is 0.407 e. The lowest BCUT2D eigenvalue weighted by Crippen LogP contribution is -2.43. The second-order valence-corrected chi connectivity index (χ2v) is 10.2. The van der Waals surface area contributed by atoms with E-state index < -0.39 is 5.60 Å². The van der Waals surface area contributed by atoms with E-state index in [1.807, 2.05) is 75.4 Å². The molecule has 1 aliphatic carbocycles. The number of benzene rings is 2. The fourth-order valence-corrected chi connectivity index (χ4v) is 4.27. The summed E-state index contributed by atoms with van der Waals surface area (Å²) in [5, 5.41) is 9.13. The Labute approximate surface area is 202 Å². The lowest BCUT2D eigenvalue weighted by molar-refractivity contribution is -0.115. The Balaban J connectivity index is 1.40. The second-order valence-electron chi connectivity index (χ2n) is 10.2. The van der Waals surface area contributed by atoms with Gasteiger partial charge in [0.1, 0.15) is 17.1 Å². The van der Waals surface area contributed by atoms with Crippen LogP contribution in [0.4, 0.5) is 10.5 Å². The van der Waals surface area contributed by atoms with E-state index in [1.165, 1.54) is 0 Å². The van der Waals surface area contributed by atoms with Crippen LogP contribution < -0.4 is 20.7 Å². The van der Waals surface area contributed by atoms with Crippen molar-refractivity contribution in [2.75, 3.05) is 25.0 Å². The van der Waals surface area contributed by atoms with Gasteiger partial charge in [-0.25, -0.2) is 4.79 Å². The molecule has 2 aromatic rings. The number of carbonyl (C=O) groups is 2. The van der Waals surface area contributed by atoms with Gasteiger partial charge in [0.2, 0.25) is 5.91 Å². The normalized spacial score (nSPS) is 19.9. The van der Waals surface area contributed by atoms with E-state index in [2.05, 4.69) is 22.9 Å². The van der Waals surface area contributed by atoms with Crippen molar-refractivity contribution in [1.82, 2.24) is 10.6 Å². The van der Waals surface area contributed by atoms with Crippen LogP contribution in [0.5, 0.6) is 11.5 Å². The number of amides is 2. The Hall–Kier alpha value is -3.06. The summed E-state index contributed by atoms with van der Waals surface area (Å²) in [6, 6.07) is 16.9. The molecule has 2 amide bonds. The van der Waals surface area contributed by atoms with E-state index in [0.717, 1.165) is 37.2 Å². The molecule has 1 saturated carbocycles. The molecule has 184 valence electrons. The van der Waals surface area contributed by atoms with Gasteiger partial charge in [0, 0.05) is 12.2 Å². The van der Waals surface area contributed by atoms with Crippen LogP contribution in [-0.4, -0.2) is 37.2 Å². The summed E-state index contributed by atoms with van der Waals surface area (Å²) < 4.78 is 11.1. The van der Waals surface area contributed by atoms with Crippen LogP contribution >= 0.6 is 0 Å². The fraction of sp³-hybridized carbons (Fsp3) is 0.481. The van der Waals surface area contributed by atoms with Crippen LogP contribution in [0.1, 0.15) is 47.0 Å². The van der Waals surface area contributed by atoms with Gasteiger partial charge < -0.3 is 25.4 Å². The maximum Gasteiger partial charge on any atom is 0.407 e. The van der Waals surface area contributed by atoms with Crippen LogP contribution in [0, 0.1) is 11.3 Å². The quantitative estimate of drug-likeness (QED) is 0.463. The van der Waals surface area contributed by atoms with Crippen LogP contribution in [0.25, 0.3) is 0 Å². The monoisotopic (exact) mass is 467 g/mol. The number of hydrogen-bond donors (Lipinski definition) is 3. The number of ether oxygens (including phenoxy) is 2. The van der Waals surface area contributed by atoms with Gasteiger partial charge in [-0.1, -0.05) is 31.5 Å². The van der Waals surface area contributed by atoms with Crippen molar-refractivity contribution in [3.63, 3.8) is 0 Å². The lowest BCUT2D eigenvalue weighted by Gasteiger charge is -2.32. The van der Waals surface area contributed by atoms with Gasteiger partial charge in [-0.2, -0.15) is 0 Å². The molecular formula is C27H37N3O4. The SMILES string of the molecule is CC(C)(C)OC(=O)NCC1(C)CCCC1CNCC(=O)Nc1ccc(Oc2ccccc2)cc1. The molecule has 0 spiro atoms. The van der Waals surface area contributed by atoms with Gasteiger partial charge in [0.15, 0.2) is 0 Å². The molecule has 3 N–H and O–H groups in total. The highest BCUT2D eigenvalue weighted by Crippen LogP contribution is 2.42. The van der Waals surface area contributed by atoms with Gasteiger partial charge >= 0.3 is 6.09 Å². The Morgan fingerprint density at radius 2 is 1.71 bits per heavy atom. The lowest BCUT2D eigenvalue weighted by atomic mass is 9.79. The maximum atomic E-state index is 12.4. The molecule has 2 atom stereocenters. The summed E-state index contributed by atoms with van der Waals surface area (Å²) in [5.74, 6) is 1.76. The zero-order valence-corrected chi connectivity index (χ0v) is 20.6. The van der Waals surface area contributed by atoms with Crippen molar-refractivity contribution in [1.29, 1.82) is 0 Å². The predicted octanol–water partition coefficient (Wildman–Crippen LogP) is 5.34. The molecule has 0 aromatic heterocycles. The number of hydrogen-bond acceptors (Lipinski definition) is 5. The highest BCUT2D eigenvalue weighted by Gasteiger charge is 2.38. The Morgan fingerprint density at radius 3 is 2.38 bits per heavy atom. The standard InChI is InChI=1S/C27H37N3O4/c1-26(2,3)34-25(32)29-19-27(4)16-8-9-20(27)17-28-18-24(31)30-21-12-14-23(15-13-21)33-22-10-6-5-7-11-22/h5-7,10-15,20,28H,8-9,16-19H2,1-4H3,(H,29,32)(H,30,31). The van der Waals surface area contributed by atoms with Gasteiger partial charge in [-0.15, -0.1) is 0 Å². The van der Waals surface area contributed by atoms with Gasteiger partial charge in [0.05, 0.1) is 6.54 Å². The molecule has 2 unspecified atom stereocenters. The third-order valence-corrected chi connectivity index (χ3v) is 6.11. The summed E-state index contributed by atoms with van der Waals surface area (Å²) in [6.45, 7) is 9.29. The number of para-hydroxylation sites is 1. The average molecular weight is 468 g/mol. The molecule has 7 heteroatoms. The fourth-order valence-electron chi connectivity index (χ4n) is 4.27. The second kappa shape index (κ2) is 11.4. The first kappa shape index (κ1) is 25.6. The Bertz CT molecular complexity index is 941. The molecule has 0 radical (unpaired) electrons. The topological polar surface area (TPSA) is 88.7 Å². The Morgan fingerprint density at radius 1 is 1.03 bits per heavy atom. The molecule has 1 fully saturated rings. The van der Waals surface area contributed by atoms with E-state index in [0.29, 0.717) is 18.2 Å². The van der Waals surface area contributed by atoms with Crippen molar-refractivity contribution >= 4 is 17.7 Å². The zero-order valence-electron chi connectivity index (χ0n) is 20.6. The molecule has 0 aliphatic heterocycles. The third-order valence-electron chi connectivity index (χ3n) is 6.11. The number of nitrogens with one attached hydrogen (secondary N) is 3. The van der Waals surface area contributed by atoms with E-state index in [4.69, 9.17) is 9.47 Å². The van der Waals surface area contributed by atoms with Crippen LogP contribution in [0.3, 0.4) is 0 Å². The number of alkyl carbamates (subject to hydrolysis) is 1. The molecule has 3 rings (SSSR count). The minimum atomic E-state index is -0.510. The summed E-state index contributed by atoms with van der Waals surface area (Å²) >= 11 is 0. The molecule has 0 heterocycles. The van der Waals surface area contributed by atoms with Crippen LogP contribution in [0.2, 0.25) is 0 Å². The summed E-state index contributed by atoms with van der Waals surface area (Å²) in [5.41, 5.74) is 0.193. The van der Waals surface area contributed by atoms with Gasteiger partial charge in [-0.05, 0) is 87.9 Å². The minimum absolute atomic E-state index is 0.0189. The molecule has 2 aromatic carbocycles. The first-order chi connectivity index (χ1) is 16.1. The minimum Gasteiger partial charge on any atom is -0.457 e. The van der Waals surface area contributed by atoms with Crippen molar-refractivity contribution in [2.24, 2.45) is 11.3 Å². The third kappa shape index (κ3) is 8.06. The first-order valence-corrected chi connectivity index (χ1v) is 11.9. The molecular weight excluding hydrogens is 430 g/mol. The van der Waals surface area contributed by atoms with Gasteiger partial charge in [-0.3, -0.25) is 4.79 Å². The number of anilines is 1. The van der Waals surface area contributed by atoms with Gasteiger partial charge in [0.25, 0.3) is 0 Å². The molecule has 7 nitrogen and oxygen atoms in total. The number of rotatable bonds is 9. The summed E-state index contributed by atoms with van der Waals surface area (Å²) in [7, 11) is 0. The predicted molar refractivity (Wildman–Crippen MR) is 134 cm³/mol. The summed E-state index contributed by atoms with van der Waals surface area (Å²) in [6.07, 6.45) is 2.84. The van der Waals surface area contributed by atoms with Crippen LogP contribution in [-0.2, 0) is 9.53 Å². The van der Waals surface area contributed by atoms with Crippen molar-refractivity contribution in [2.45, 2.75) is 52.6 Å². The largest absolute Gasteiger partial charge is 0.457 e. The molecule has 0 bridgehead atoms. The average Bonchev–Trinajstić information content (AvgIpc) is 3.14. The summed E-state index contributed by atoms with van der Waals surface area (Å²) in [4.78, 5) is 24.4.